The molecule has 1 aliphatic carbocycles. The molecule has 0 unspecified atom stereocenters. The Morgan fingerprint density at radius 1 is 1.33 bits per heavy atom. The van der Waals surface area contributed by atoms with Crippen LogP contribution in [0, 0.1) is 5.92 Å². The van der Waals surface area contributed by atoms with Gasteiger partial charge in [-0.25, -0.2) is 4.79 Å². The van der Waals surface area contributed by atoms with Crippen molar-refractivity contribution in [2.45, 2.75) is 31.7 Å². The molecule has 0 aliphatic heterocycles. The van der Waals surface area contributed by atoms with Gasteiger partial charge >= 0.3 is 12.3 Å². The van der Waals surface area contributed by atoms with Crippen molar-refractivity contribution in [1.82, 2.24) is 5.32 Å². The Bertz CT molecular complexity index is 302. The molecule has 0 aromatic rings. The Morgan fingerprint density at radius 3 is 2.40 bits per heavy atom. The van der Waals surface area contributed by atoms with E-state index in [0.29, 0.717) is 25.7 Å². The highest BCUT2D eigenvalue weighted by molar-refractivity contribution is 6.26. The van der Waals surface area contributed by atoms with Gasteiger partial charge in [-0.1, -0.05) is 0 Å². The summed E-state index contributed by atoms with van der Waals surface area (Å²) in [5.41, 5.74) is 8.20. The third-order valence-corrected chi connectivity index (χ3v) is 2.64. The SMILES string of the molecule is [N-]=[N+]=CC(=O)[C@H]1CC[C@H](NC(=O)O)CC1. The molecule has 0 bridgehead atoms. The fourth-order valence-electron chi connectivity index (χ4n) is 1.86. The predicted molar refractivity (Wildman–Crippen MR) is 51.6 cm³/mol. The molecule has 0 aromatic carbocycles. The zero-order valence-electron chi connectivity index (χ0n) is 8.22. The smallest absolute Gasteiger partial charge is 0.404 e. The van der Waals surface area contributed by atoms with E-state index >= 15 is 0 Å². The Balaban J connectivity index is 2.38. The number of rotatable bonds is 3. The number of Topliss-reactive ketones (excluding diaryl/α,β-unsaturated/α-hetero) is 1. The minimum absolute atomic E-state index is 0.0578. The number of carboxylic acid groups (broad SMARTS) is 1. The molecule has 1 saturated carbocycles. The van der Waals surface area contributed by atoms with Crippen molar-refractivity contribution in [3.05, 3.63) is 5.53 Å². The van der Waals surface area contributed by atoms with Crippen molar-refractivity contribution in [2.75, 3.05) is 0 Å². The fraction of sp³-hybridized carbons (Fsp3) is 0.667. The van der Waals surface area contributed by atoms with Crippen molar-refractivity contribution in [1.29, 1.82) is 0 Å². The molecule has 0 spiro atoms. The van der Waals surface area contributed by atoms with E-state index in [2.05, 4.69) is 10.1 Å². The van der Waals surface area contributed by atoms with E-state index in [1.807, 2.05) is 0 Å². The molecule has 6 nitrogen and oxygen atoms in total. The van der Waals surface area contributed by atoms with Gasteiger partial charge in [0.2, 0.25) is 5.78 Å². The first-order valence-electron chi connectivity index (χ1n) is 4.84. The zero-order chi connectivity index (χ0) is 11.3. The molecule has 0 heterocycles. The molecule has 0 atom stereocenters. The molecule has 1 rings (SSSR count). The molecule has 6 heteroatoms. The van der Waals surface area contributed by atoms with Crippen molar-refractivity contribution >= 4 is 18.1 Å². The van der Waals surface area contributed by atoms with Crippen LogP contribution in [0.5, 0.6) is 0 Å². The highest BCUT2D eigenvalue weighted by Gasteiger charge is 2.27. The quantitative estimate of drug-likeness (QED) is 0.407. The first kappa shape index (κ1) is 11.4. The number of hydrogen-bond acceptors (Lipinski definition) is 2. The minimum atomic E-state index is -1.03. The number of carbonyl (C=O) groups is 2. The minimum Gasteiger partial charge on any atom is -0.465 e. The van der Waals surface area contributed by atoms with Gasteiger partial charge in [0.15, 0.2) is 0 Å². The molecule has 1 amide bonds. The van der Waals surface area contributed by atoms with Crippen LogP contribution < -0.4 is 5.32 Å². The van der Waals surface area contributed by atoms with Crippen molar-refractivity contribution in [2.24, 2.45) is 5.92 Å². The van der Waals surface area contributed by atoms with Gasteiger partial charge in [-0.05, 0) is 25.7 Å². The number of ketones is 1. The fourth-order valence-corrected chi connectivity index (χ4v) is 1.86. The molecule has 1 fully saturated rings. The summed E-state index contributed by atoms with van der Waals surface area (Å²) >= 11 is 0. The molecule has 0 radical (unpaired) electrons. The summed E-state index contributed by atoms with van der Waals surface area (Å²) in [5, 5.41) is 10.9. The van der Waals surface area contributed by atoms with Crippen LogP contribution in [0.1, 0.15) is 25.7 Å². The molecule has 82 valence electrons. The standard InChI is InChI=1S/C9H13N3O3/c10-11-5-8(13)6-1-3-7(4-2-6)12-9(14)15/h5-7,12H,1-4H2,(H,14,15)/t6-,7-. The number of amides is 1. The van der Waals surface area contributed by atoms with Gasteiger partial charge in [0.1, 0.15) is 0 Å². The maximum absolute atomic E-state index is 11.3. The van der Waals surface area contributed by atoms with Crippen LogP contribution >= 0.6 is 0 Å². The van der Waals surface area contributed by atoms with Gasteiger partial charge < -0.3 is 16.0 Å². The summed E-state index contributed by atoms with van der Waals surface area (Å²) in [7, 11) is 0. The van der Waals surface area contributed by atoms with Crippen LogP contribution in [0.4, 0.5) is 4.79 Å². The lowest BCUT2D eigenvalue weighted by molar-refractivity contribution is -0.120. The first-order chi connectivity index (χ1) is 7.13. The third-order valence-electron chi connectivity index (χ3n) is 2.64. The van der Waals surface area contributed by atoms with E-state index in [9.17, 15) is 9.59 Å². The maximum atomic E-state index is 11.3. The Kier molecular flexibility index (Phi) is 4.00. The summed E-state index contributed by atoms with van der Waals surface area (Å²) in [4.78, 5) is 24.3. The number of nitrogens with one attached hydrogen (secondary N) is 1. The zero-order valence-corrected chi connectivity index (χ0v) is 8.22. The molecular formula is C9H13N3O3. The van der Waals surface area contributed by atoms with E-state index in [1.54, 1.807) is 0 Å². The number of hydrogen-bond donors (Lipinski definition) is 2. The van der Waals surface area contributed by atoms with Crippen LogP contribution in [0.2, 0.25) is 0 Å². The van der Waals surface area contributed by atoms with E-state index in [4.69, 9.17) is 10.6 Å². The van der Waals surface area contributed by atoms with Crippen molar-refractivity contribution in [3.63, 3.8) is 0 Å². The molecule has 0 saturated heterocycles. The highest BCUT2D eigenvalue weighted by Crippen LogP contribution is 2.24. The van der Waals surface area contributed by atoms with Crippen LogP contribution in [0.15, 0.2) is 0 Å². The maximum Gasteiger partial charge on any atom is 0.404 e. The van der Waals surface area contributed by atoms with Crippen LogP contribution in [0.25, 0.3) is 5.53 Å². The van der Waals surface area contributed by atoms with Gasteiger partial charge in [0.25, 0.3) is 0 Å². The third kappa shape index (κ3) is 3.52. The summed E-state index contributed by atoms with van der Waals surface area (Å²) in [6.07, 6.45) is 2.47. The van der Waals surface area contributed by atoms with E-state index < -0.39 is 6.09 Å². The largest absolute Gasteiger partial charge is 0.465 e. The molecule has 2 N–H and O–H groups in total. The van der Waals surface area contributed by atoms with E-state index in [1.165, 1.54) is 0 Å². The van der Waals surface area contributed by atoms with Crippen LogP contribution in [-0.4, -0.2) is 34.0 Å². The molecular weight excluding hydrogens is 198 g/mol. The second-order valence-electron chi connectivity index (χ2n) is 3.64. The predicted octanol–water partition coefficient (Wildman–Crippen LogP) is 0.682. The average molecular weight is 211 g/mol. The topological polar surface area (TPSA) is 103 Å². The lowest BCUT2D eigenvalue weighted by atomic mass is 9.84. The molecule has 0 aromatic heterocycles. The lowest BCUT2D eigenvalue weighted by Crippen LogP contribution is -2.38. The van der Waals surface area contributed by atoms with E-state index in [0.717, 1.165) is 6.21 Å². The van der Waals surface area contributed by atoms with Crippen molar-refractivity contribution < 1.29 is 19.5 Å². The van der Waals surface area contributed by atoms with Gasteiger partial charge in [0.05, 0.1) is 0 Å². The summed E-state index contributed by atoms with van der Waals surface area (Å²) in [6.45, 7) is 0. The monoisotopic (exact) mass is 211 g/mol. The summed E-state index contributed by atoms with van der Waals surface area (Å²) in [6, 6.07) is -0.0578. The number of carbonyl (C=O) groups excluding carboxylic acids is 1. The van der Waals surface area contributed by atoms with Gasteiger partial charge in [-0.3, -0.25) is 4.79 Å². The van der Waals surface area contributed by atoms with Gasteiger partial charge in [-0.2, -0.15) is 4.79 Å². The van der Waals surface area contributed by atoms with Crippen LogP contribution in [-0.2, 0) is 4.79 Å². The Morgan fingerprint density at radius 2 is 1.93 bits per heavy atom. The second-order valence-corrected chi connectivity index (χ2v) is 3.64. The summed E-state index contributed by atoms with van der Waals surface area (Å²) < 4.78 is 0. The first-order valence-corrected chi connectivity index (χ1v) is 4.84. The molecule has 15 heavy (non-hydrogen) atoms. The highest BCUT2D eigenvalue weighted by atomic mass is 16.4. The summed E-state index contributed by atoms with van der Waals surface area (Å²) in [5.74, 6) is -0.320. The van der Waals surface area contributed by atoms with Crippen molar-refractivity contribution in [3.8, 4) is 0 Å². The lowest BCUT2D eigenvalue weighted by Gasteiger charge is -2.25. The molecule has 1 aliphatic rings. The van der Waals surface area contributed by atoms with Gasteiger partial charge in [0, 0.05) is 12.0 Å². The Hall–Kier alpha value is -1.68. The second kappa shape index (κ2) is 5.26. The Labute approximate surface area is 86.9 Å². The van der Waals surface area contributed by atoms with Gasteiger partial charge in [-0.15, -0.1) is 0 Å². The average Bonchev–Trinajstić information content (AvgIpc) is 2.18. The normalized spacial score (nSPS) is 25.1. The van der Waals surface area contributed by atoms with Crippen LogP contribution in [0.3, 0.4) is 0 Å². The van der Waals surface area contributed by atoms with E-state index in [-0.39, 0.29) is 17.7 Å². The number of nitrogens with zero attached hydrogens (tertiary/aromatic N) is 2.